The summed E-state index contributed by atoms with van der Waals surface area (Å²) in [4.78, 5) is 37.3. The minimum Gasteiger partial charge on any atom is -0.508 e. The number of nitrogens with two attached hydrogens (primary N) is 2. The first-order valence-electron chi connectivity index (χ1n) is 8.76. The van der Waals surface area contributed by atoms with E-state index in [1.54, 1.807) is 6.07 Å². The molecule has 10 nitrogen and oxygen atoms in total. The highest BCUT2D eigenvalue weighted by atomic mass is 16.4. The van der Waals surface area contributed by atoms with Gasteiger partial charge in [0, 0.05) is 11.5 Å². The van der Waals surface area contributed by atoms with Crippen molar-refractivity contribution in [3.8, 4) is 5.75 Å². The van der Waals surface area contributed by atoms with Crippen molar-refractivity contribution in [1.82, 2.24) is 0 Å². The van der Waals surface area contributed by atoms with E-state index in [-0.39, 0.29) is 17.7 Å². The van der Waals surface area contributed by atoms with E-state index in [1.807, 2.05) is 0 Å². The van der Waals surface area contributed by atoms with Crippen LogP contribution in [-0.4, -0.2) is 60.8 Å². The molecule has 3 aliphatic rings. The van der Waals surface area contributed by atoms with Gasteiger partial charge >= 0.3 is 0 Å². The number of carbonyl (C=O) groups excluding carboxylic acids is 3. The van der Waals surface area contributed by atoms with Gasteiger partial charge in [0.1, 0.15) is 22.8 Å². The Hall–Kier alpha value is -3.21. The number of benzene rings is 1. The highest BCUT2D eigenvalue weighted by Gasteiger charge is 2.66. The predicted octanol–water partition coefficient (Wildman–Crippen LogP) is -1.67. The quantitative estimate of drug-likeness (QED) is 0.268. The van der Waals surface area contributed by atoms with Gasteiger partial charge in [-0.25, -0.2) is 0 Å². The summed E-state index contributed by atoms with van der Waals surface area (Å²) >= 11 is 0. The van der Waals surface area contributed by atoms with Crippen LogP contribution in [-0.2, 0) is 20.8 Å². The molecule has 0 aromatic heterocycles. The largest absolute Gasteiger partial charge is 0.508 e. The van der Waals surface area contributed by atoms with Crippen molar-refractivity contribution < 1.29 is 39.9 Å². The second-order valence-corrected chi connectivity index (χ2v) is 7.47. The summed E-state index contributed by atoms with van der Waals surface area (Å²) in [6, 6.07) is 2.68. The molecule has 1 aromatic carbocycles. The number of aliphatic hydroxyl groups excluding tert-OH is 3. The van der Waals surface area contributed by atoms with E-state index in [0.717, 1.165) is 0 Å². The number of carbonyl (C=O) groups is 3. The molecule has 152 valence electrons. The summed E-state index contributed by atoms with van der Waals surface area (Å²) in [6.07, 6.45) is -1.64. The molecule has 0 unspecified atom stereocenters. The number of phenols is 1. The van der Waals surface area contributed by atoms with E-state index in [0.29, 0.717) is 5.56 Å². The smallest absolute Gasteiger partial charge is 0.255 e. The van der Waals surface area contributed by atoms with Gasteiger partial charge in [-0.15, -0.1) is 0 Å². The minimum atomic E-state index is -2.95. The molecule has 0 aliphatic heterocycles. The third-order valence-corrected chi connectivity index (χ3v) is 6.06. The fraction of sp³-hybridized carbons (Fsp3) is 0.316. The van der Waals surface area contributed by atoms with Crippen molar-refractivity contribution in [3.63, 3.8) is 0 Å². The van der Waals surface area contributed by atoms with E-state index in [4.69, 9.17) is 11.5 Å². The van der Waals surface area contributed by atoms with Gasteiger partial charge in [-0.2, -0.15) is 0 Å². The van der Waals surface area contributed by atoms with Crippen molar-refractivity contribution in [2.75, 3.05) is 0 Å². The number of amides is 1. The van der Waals surface area contributed by atoms with E-state index in [9.17, 15) is 39.9 Å². The van der Waals surface area contributed by atoms with Crippen LogP contribution in [0.5, 0.6) is 5.75 Å². The van der Waals surface area contributed by atoms with Gasteiger partial charge in [0.2, 0.25) is 5.78 Å². The van der Waals surface area contributed by atoms with Crippen LogP contribution in [0.15, 0.2) is 35.1 Å². The Morgan fingerprint density at radius 2 is 1.83 bits per heavy atom. The zero-order valence-corrected chi connectivity index (χ0v) is 14.9. The van der Waals surface area contributed by atoms with Crippen LogP contribution in [0.3, 0.4) is 0 Å². The number of fused-ring (bicyclic) bond motifs is 3. The Bertz CT molecular complexity index is 1060. The normalized spacial score (nSPS) is 33.9. The summed E-state index contributed by atoms with van der Waals surface area (Å²) in [5.41, 5.74) is 6.91. The number of rotatable bonds is 1. The molecule has 0 saturated heterocycles. The lowest BCUT2D eigenvalue weighted by Gasteiger charge is -2.50. The fourth-order valence-electron chi connectivity index (χ4n) is 4.71. The second kappa shape index (κ2) is 5.89. The molecule has 29 heavy (non-hydrogen) atoms. The first kappa shape index (κ1) is 19.1. The number of ketones is 2. The van der Waals surface area contributed by atoms with Crippen LogP contribution in [0.2, 0.25) is 0 Å². The third-order valence-electron chi connectivity index (χ3n) is 6.06. The molecule has 4 rings (SSSR count). The number of aromatic hydroxyl groups is 1. The molecule has 5 atom stereocenters. The zero-order valence-electron chi connectivity index (χ0n) is 14.9. The Morgan fingerprint density at radius 1 is 1.17 bits per heavy atom. The number of primary amides is 1. The van der Waals surface area contributed by atoms with Gasteiger partial charge < -0.3 is 37.0 Å². The van der Waals surface area contributed by atoms with Crippen LogP contribution >= 0.6 is 0 Å². The summed E-state index contributed by atoms with van der Waals surface area (Å²) in [6.45, 7) is 0. The Balaban J connectivity index is 2.01. The lowest BCUT2D eigenvalue weighted by Crippen LogP contribution is -2.69. The molecule has 1 fully saturated rings. The van der Waals surface area contributed by atoms with E-state index >= 15 is 0 Å². The lowest BCUT2D eigenvalue weighted by atomic mass is 9.56. The van der Waals surface area contributed by atoms with Crippen molar-refractivity contribution >= 4 is 23.2 Å². The maximum atomic E-state index is 13.2. The predicted molar refractivity (Wildman–Crippen MR) is 96.1 cm³/mol. The standard InChI is InChI=1S/C19H18N2O8/c20-12-11-13(23)6-4-5-2-1-3-7(22)8(5)14(24)9(6)16(26)19(11,29)17(27)10(15(12)25)18(21)28/h1-3,6,11-13,22-24,27,29H,4,20H2,(H2,21,28)/t6-,11-,12+,13-,19+/m1/s1. The summed E-state index contributed by atoms with van der Waals surface area (Å²) in [5, 5.41) is 53.3. The molecule has 0 bridgehead atoms. The molecule has 1 saturated carbocycles. The highest BCUT2D eigenvalue weighted by Crippen LogP contribution is 2.51. The number of hydrogen-bond acceptors (Lipinski definition) is 9. The van der Waals surface area contributed by atoms with Gasteiger partial charge in [-0.3, -0.25) is 14.4 Å². The molecule has 0 spiro atoms. The van der Waals surface area contributed by atoms with Crippen LogP contribution in [0.4, 0.5) is 0 Å². The molecular weight excluding hydrogens is 384 g/mol. The van der Waals surface area contributed by atoms with Crippen molar-refractivity contribution in [2.45, 2.75) is 24.2 Å². The summed E-state index contributed by atoms with van der Waals surface area (Å²) < 4.78 is 0. The Labute approximate surface area is 163 Å². The van der Waals surface area contributed by atoms with Gasteiger partial charge in [0.25, 0.3) is 5.91 Å². The Kier molecular flexibility index (Phi) is 3.89. The van der Waals surface area contributed by atoms with Gasteiger partial charge in [0.05, 0.1) is 23.6 Å². The molecule has 10 heteroatoms. The number of hydrogen-bond donors (Lipinski definition) is 7. The van der Waals surface area contributed by atoms with E-state index in [1.165, 1.54) is 12.1 Å². The molecule has 1 amide bonds. The fourth-order valence-corrected chi connectivity index (χ4v) is 4.71. The average molecular weight is 402 g/mol. The van der Waals surface area contributed by atoms with Crippen LogP contribution in [0.1, 0.15) is 11.1 Å². The Morgan fingerprint density at radius 3 is 2.45 bits per heavy atom. The number of Topliss-reactive ketones (excluding diaryl/α,β-unsaturated/α-hetero) is 2. The third kappa shape index (κ3) is 2.18. The number of aliphatic hydroxyl groups is 4. The maximum Gasteiger partial charge on any atom is 0.255 e. The molecule has 3 aliphatic carbocycles. The minimum absolute atomic E-state index is 0.00330. The van der Waals surface area contributed by atoms with Crippen LogP contribution in [0.25, 0.3) is 5.76 Å². The number of phenolic OH excluding ortho intramolecular Hbond substituents is 1. The average Bonchev–Trinajstić information content (AvgIpc) is 2.64. The van der Waals surface area contributed by atoms with Crippen LogP contribution in [0, 0.1) is 11.8 Å². The summed E-state index contributed by atoms with van der Waals surface area (Å²) in [5.74, 6) is -8.79. The highest BCUT2D eigenvalue weighted by molar-refractivity contribution is 6.24. The molecule has 0 heterocycles. The summed E-state index contributed by atoms with van der Waals surface area (Å²) in [7, 11) is 0. The monoisotopic (exact) mass is 402 g/mol. The molecular formula is C19H18N2O8. The first-order chi connectivity index (χ1) is 13.5. The maximum absolute atomic E-state index is 13.2. The van der Waals surface area contributed by atoms with E-state index < -0.39 is 69.7 Å². The molecule has 9 N–H and O–H groups in total. The lowest BCUT2D eigenvalue weighted by molar-refractivity contribution is -0.162. The first-order valence-corrected chi connectivity index (χ1v) is 8.76. The molecule has 1 aromatic rings. The SMILES string of the molecule is NC(=O)C1=C(O)[C@@]2(O)C(=O)C3=C(O)c4c(O)cccc4C[C@H]3[C@@H](O)[C@H]2[C@H](N)C1=O. The van der Waals surface area contributed by atoms with Crippen LogP contribution < -0.4 is 11.5 Å². The topological polar surface area (TPSA) is 204 Å². The zero-order chi connectivity index (χ0) is 21.4. The molecule has 0 radical (unpaired) electrons. The van der Waals surface area contributed by atoms with Gasteiger partial charge in [0.15, 0.2) is 11.4 Å². The van der Waals surface area contributed by atoms with Gasteiger partial charge in [-0.1, -0.05) is 12.1 Å². The second-order valence-electron chi connectivity index (χ2n) is 7.47. The van der Waals surface area contributed by atoms with Crippen molar-refractivity contribution in [2.24, 2.45) is 23.3 Å². The van der Waals surface area contributed by atoms with Crippen molar-refractivity contribution in [3.05, 3.63) is 46.2 Å². The van der Waals surface area contributed by atoms with E-state index in [2.05, 4.69) is 0 Å². The van der Waals surface area contributed by atoms with Gasteiger partial charge in [-0.05, 0) is 18.1 Å². The van der Waals surface area contributed by atoms with Crippen molar-refractivity contribution in [1.29, 1.82) is 0 Å².